The minimum absolute atomic E-state index is 0.278. The molecular weight excluding hydrogens is 282 g/mol. The number of carbonyl (C=O) groups is 1. The van der Waals surface area contributed by atoms with Gasteiger partial charge in [-0.25, -0.2) is 9.64 Å². The largest absolute Gasteiger partial charge is 0.336 e. The van der Waals surface area contributed by atoms with Gasteiger partial charge in [0.25, 0.3) is 0 Å². The van der Waals surface area contributed by atoms with E-state index in [4.69, 9.17) is 6.57 Å². The maximum Gasteiger partial charge on any atom is 0.317 e. The molecule has 0 saturated carbocycles. The minimum atomic E-state index is -0.376. The lowest BCUT2D eigenvalue weighted by atomic mass is 10.0. The first-order valence-electron chi connectivity index (χ1n) is 5.03. The molecule has 17 heavy (non-hydrogen) atoms. The molecule has 1 heterocycles. The first-order valence-corrected chi connectivity index (χ1v) is 5.82. The second kappa shape index (κ2) is 4.60. The van der Waals surface area contributed by atoms with Gasteiger partial charge in [-0.15, -0.1) is 0 Å². The Kier molecular flexibility index (Phi) is 3.16. The molecule has 0 aromatic heterocycles. The van der Waals surface area contributed by atoms with E-state index in [1.54, 1.807) is 6.92 Å². The Labute approximate surface area is 108 Å². The summed E-state index contributed by atoms with van der Waals surface area (Å²) in [4.78, 5) is 14.9. The van der Waals surface area contributed by atoms with Gasteiger partial charge in [0.05, 0.1) is 12.6 Å². The van der Waals surface area contributed by atoms with Crippen LogP contribution < -0.4 is 10.6 Å². The minimum Gasteiger partial charge on any atom is -0.336 e. The number of nitrogens with zero attached hydrogens (tertiary/aromatic N) is 1. The highest BCUT2D eigenvalue weighted by Gasteiger charge is 2.27. The lowest BCUT2D eigenvalue weighted by molar-refractivity contribution is 0.239. The number of halogens is 1. The molecule has 86 valence electrons. The Balaban J connectivity index is 2.47. The van der Waals surface area contributed by atoms with E-state index in [0.29, 0.717) is 11.4 Å². The summed E-state index contributed by atoms with van der Waals surface area (Å²) < 4.78 is 0.921. The molecule has 0 fully saturated rings. The van der Waals surface area contributed by atoms with Crippen molar-refractivity contribution in [3.8, 4) is 0 Å². The van der Waals surface area contributed by atoms with Crippen molar-refractivity contribution >= 4 is 22.0 Å². The van der Waals surface area contributed by atoms with Gasteiger partial charge in [-0.3, -0.25) is 0 Å². The molecule has 2 N–H and O–H groups in total. The van der Waals surface area contributed by atoms with E-state index < -0.39 is 0 Å². The van der Waals surface area contributed by atoms with E-state index in [1.165, 1.54) is 0 Å². The predicted octanol–water partition coefficient (Wildman–Crippen LogP) is 2.95. The van der Waals surface area contributed by atoms with E-state index >= 15 is 0 Å². The molecule has 0 aliphatic carbocycles. The zero-order valence-electron chi connectivity index (χ0n) is 9.12. The van der Waals surface area contributed by atoms with Gasteiger partial charge in [-0.2, -0.15) is 0 Å². The molecule has 0 bridgehead atoms. The summed E-state index contributed by atoms with van der Waals surface area (Å²) in [6.45, 7) is 8.92. The van der Waals surface area contributed by atoms with Gasteiger partial charge in [-0.1, -0.05) is 28.1 Å². The number of hydrogen-bond acceptors (Lipinski definition) is 1. The van der Waals surface area contributed by atoms with E-state index in [2.05, 4.69) is 31.4 Å². The van der Waals surface area contributed by atoms with Crippen LogP contribution in [0.4, 0.5) is 4.79 Å². The van der Waals surface area contributed by atoms with Crippen LogP contribution in [-0.2, 0) is 0 Å². The number of hydrogen-bond donors (Lipinski definition) is 2. The van der Waals surface area contributed by atoms with Crippen molar-refractivity contribution in [2.45, 2.75) is 13.0 Å². The topological polar surface area (TPSA) is 45.5 Å². The number of benzene rings is 1. The van der Waals surface area contributed by atoms with Crippen LogP contribution in [-0.4, -0.2) is 6.03 Å². The third-order valence-corrected chi connectivity index (χ3v) is 3.03. The van der Waals surface area contributed by atoms with Crippen LogP contribution in [0.1, 0.15) is 18.5 Å². The zero-order chi connectivity index (χ0) is 12.4. The van der Waals surface area contributed by atoms with Gasteiger partial charge in [0, 0.05) is 10.2 Å². The van der Waals surface area contributed by atoms with Crippen LogP contribution in [0, 0.1) is 6.57 Å². The molecule has 0 radical (unpaired) electrons. The molecule has 5 heteroatoms. The van der Waals surface area contributed by atoms with Crippen molar-refractivity contribution < 1.29 is 4.79 Å². The maximum atomic E-state index is 11.4. The molecule has 2 amide bonds. The average molecular weight is 292 g/mol. The summed E-state index contributed by atoms with van der Waals surface area (Å²) in [5, 5.41) is 5.35. The molecule has 1 atom stereocenters. The molecule has 1 aliphatic heterocycles. The standard InChI is InChI=1S/C12H10BrN3O/c1-7-10(14-2)11(16-12(17)15-7)8-4-3-5-9(13)6-8/h3-6,11H,1H3,(H2,15,16,17). The highest BCUT2D eigenvalue weighted by atomic mass is 79.9. The number of amides is 2. The molecule has 4 nitrogen and oxygen atoms in total. The van der Waals surface area contributed by atoms with Gasteiger partial charge in [0.1, 0.15) is 0 Å². The van der Waals surface area contributed by atoms with Crippen LogP contribution >= 0.6 is 15.9 Å². The van der Waals surface area contributed by atoms with Crippen LogP contribution in [0.25, 0.3) is 4.85 Å². The van der Waals surface area contributed by atoms with Crippen molar-refractivity contribution in [1.82, 2.24) is 10.6 Å². The number of rotatable bonds is 1. The first-order chi connectivity index (χ1) is 8.11. The van der Waals surface area contributed by atoms with Gasteiger partial charge in [0.2, 0.25) is 5.70 Å². The monoisotopic (exact) mass is 291 g/mol. The fraction of sp³-hybridized carbons (Fsp3) is 0.167. The summed E-state index contributed by atoms with van der Waals surface area (Å²) >= 11 is 3.38. The second-order valence-corrected chi connectivity index (χ2v) is 4.62. The number of carbonyl (C=O) groups excluding carboxylic acids is 1. The molecule has 2 rings (SSSR count). The van der Waals surface area contributed by atoms with Gasteiger partial charge in [-0.05, 0) is 24.6 Å². The van der Waals surface area contributed by atoms with Gasteiger partial charge in [0.15, 0.2) is 0 Å². The lowest BCUT2D eigenvalue weighted by Crippen LogP contribution is -2.42. The third kappa shape index (κ3) is 2.32. The maximum absolute atomic E-state index is 11.4. The molecule has 0 saturated heterocycles. The van der Waals surface area contributed by atoms with Crippen molar-refractivity contribution in [1.29, 1.82) is 0 Å². The molecule has 1 aromatic rings. The highest BCUT2D eigenvalue weighted by molar-refractivity contribution is 9.10. The quantitative estimate of drug-likeness (QED) is 0.768. The molecule has 1 unspecified atom stereocenters. The second-order valence-electron chi connectivity index (χ2n) is 3.71. The number of allylic oxidation sites excluding steroid dienone is 1. The summed E-state index contributed by atoms with van der Waals surface area (Å²) in [6.07, 6.45) is 0. The van der Waals surface area contributed by atoms with E-state index in [0.717, 1.165) is 10.0 Å². The highest BCUT2D eigenvalue weighted by Crippen LogP contribution is 2.28. The van der Waals surface area contributed by atoms with Crippen molar-refractivity contribution in [2.75, 3.05) is 0 Å². The fourth-order valence-electron chi connectivity index (χ4n) is 1.76. The Morgan fingerprint density at radius 2 is 2.24 bits per heavy atom. The summed E-state index contributed by atoms with van der Waals surface area (Å²) in [5.41, 5.74) is 2.01. The Morgan fingerprint density at radius 1 is 1.47 bits per heavy atom. The smallest absolute Gasteiger partial charge is 0.317 e. The third-order valence-electron chi connectivity index (χ3n) is 2.54. The van der Waals surface area contributed by atoms with Crippen LogP contribution in [0.3, 0.4) is 0 Å². The van der Waals surface area contributed by atoms with Gasteiger partial charge < -0.3 is 10.6 Å². The van der Waals surface area contributed by atoms with Crippen molar-refractivity contribution in [3.05, 3.63) is 57.1 Å². The van der Waals surface area contributed by atoms with E-state index in [-0.39, 0.29) is 12.1 Å². The molecule has 0 spiro atoms. The Morgan fingerprint density at radius 3 is 2.88 bits per heavy atom. The van der Waals surface area contributed by atoms with Crippen molar-refractivity contribution in [3.63, 3.8) is 0 Å². The normalized spacial score (nSPS) is 19.4. The number of urea groups is 1. The average Bonchev–Trinajstić information content (AvgIpc) is 2.28. The van der Waals surface area contributed by atoms with Crippen LogP contribution in [0.15, 0.2) is 40.1 Å². The van der Waals surface area contributed by atoms with E-state index in [1.807, 2.05) is 24.3 Å². The lowest BCUT2D eigenvalue weighted by Gasteiger charge is -2.25. The Bertz CT molecular complexity index is 545. The molecular formula is C12H10BrN3O. The van der Waals surface area contributed by atoms with Crippen molar-refractivity contribution in [2.24, 2.45) is 0 Å². The van der Waals surface area contributed by atoms with Gasteiger partial charge >= 0.3 is 6.03 Å². The first kappa shape index (κ1) is 11.7. The SMILES string of the molecule is [C-]#[N+]C1=C(C)NC(=O)NC1c1cccc(Br)c1. The summed E-state index contributed by atoms with van der Waals surface area (Å²) in [5.74, 6) is 0. The Hall–Kier alpha value is -1.80. The predicted molar refractivity (Wildman–Crippen MR) is 67.9 cm³/mol. The van der Waals surface area contributed by atoms with Crippen LogP contribution in [0.5, 0.6) is 0 Å². The van der Waals surface area contributed by atoms with E-state index in [9.17, 15) is 4.79 Å². The summed E-state index contributed by atoms with van der Waals surface area (Å²) in [6, 6.07) is 6.91. The number of nitrogens with one attached hydrogen (secondary N) is 2. The molecule has 1 aromatic carbocycles. The fourth-order valence-corrected chi connectivity index (χ4v) is 2.18. The van der Waals surface area contributed by atoms with Crippen LogP contribution in [0.2, 0.25) is 0 Å². The zero-order valence-corrected chi connectivity index (χ0v) is 10.7. The summed E-state index contributed by atoms with van der Waals surface area (Å²) in [7, 11) is 0. The molecule has 1 aliphatic rings.